The Balaban J connectivity index is 1.32. The lowest BCUT2D eigenvalue weighted by atomic mass is 10.1. The number of pyridine rings is 1. The number of benzene rings is 1. The number of aromatic nitrogens is 1. The van der Waals surface area contributed by atoms with Crippen LogP contribution in [0.1, 0.15) is 34.5 Å². The van der Waals surface area contributed by atoms with Crippen molar-refractivity contribution < 1.29 is 14.3 Å². The number of morpholine rings is 1. The van der Waals surface area contributed by atoms with E-state index in [9.17, 15) is 9.59 Å². The Morgan fingerprint density at radius 2 is 1.86 bits per heavy atom. The first-order chi connectivity index (χ1) is 14.2. The zero-order chi connectivity index (χ0) is 20.1. The number of hydrogen-bond acceptors (Lipinski definition) is 5. The van der Waals surface area contributed by atoms with Crippen molar-refractivity contribution in [2.75, 3.05) is 37.7 Å². The van der Waals surface area contributed by atoms with Gasteiger partial charge in [0.15, 0.2) is 0 Å². The quantitative estimate of drug-likeness (QED) is 0.811. The van der Waals surface area contributed by atoms with Gasteiger partial charge in [-0.05, 0) is 36.2 Å². The van der Waals surface area contributed by atoms with Crippen molar-refractivity contribution in [3.8, 4) is 0 Å². The monoisotopic (exact) mass is 394 g/mol. The molecule has 0 unspecified atom stereocenters. The largest absolute Gasteiger partial charge is 0.378 e. The summed E-state index contributed by atoms with van der Waals surface area (Å²) in [6.07, 6.45) is 1.57. The highest BCUT2D eigenvalue weighted by Gasteiger charge is 2.20. The van der Waals surface area contributed by atoms with Crippen LogP contribution in [0.3, 0.4) is 0 Å². The molecule has 1 aromatic heterocycles. The molecule has 7 nitrogen and oxygen atoms in total. The van der Waals surface area contributed by atoms with Crippen LogP contribution in [0.4, 0.5) is 5.82 Å². The Labute approximate surface area is 170 Å². The first kappa shape index (κ1) is 19.4. The highest BCUT2D eigenvalue weighted by molar-refractivity contribution is 5.94. The second-order valence-electron chi connectivity index (χ2n) is 7.38. The van der Waals surface area contributed by atoms with Crippen LogP contribution in [0, 0.1) is 0 Å². The van der Waals surface area contributed by atoms with Gasteiger partial charge in [-0.3, -0.25) is 9.59 Å². The van der Waals surface area contributed by atoms with Gasteiger partial charge in [-0.25, -0.2) is 4.98 Å². The van der Waals surface area contributed by atoms with Crippen LogP contribution in [0.25, 0.3) is 0 Å². The summed E-state index contributed by atoms with van der Waals surface area (Å²) in [5, 5.41) is 2.94. The first-order valence-electron chi connectivity index (χ1n) is 10.1. The van der Waals surface area contributed by atoms with Crippen molar-refractivity contribution in [2.45, 2.75) is 25.9 Å². The molecule has 2 fully saturated rings. The summed E-state index contributed by atoms with van der Waals surface area (Å²) < 4.78 is 5.38. The molecule has 0 radical (unpaired) electrons. The Morgan fingerprint density at radius 1 is 1.07 bits per heavy atom. The summed E-state index contributed by atoms with van der Waals surface area (Å²) >= 11 is 0. The fourth-order valence-electron chi connectivity index (χ4n) is 3.66. The molecule has 2 aliphatic heterocycles. The third-order valence-electron chi connectivity index (χ3n) is 5.32. The molecule has 1 N–H and O–H groups in total. The van der Waals surface area contributed by atoms with E-state index in [1.165, 1.54) is 0 Å². The van der Waals surface area contributed by atoms with Gasteiger partial charge in [0.25, 0.3) is 5.91 Å². The summed E-state index contributed by atoms with van der Waals surface area (Å²) in [7, 11) is 0. The SMILES string of the molecule is O=C(NCc1cccc(N2CCOCC2)n1)c1ccc(CN2CCCC2=O)cc1. The van der Waals surface area contributed by atoms with Crippen LogP contribution < -0.4 is 10.2 Å². The van der Waals surface area contributed by atoms with Crippen molar-refractivity contribution in [2.24, 2.45) is 0 Å². The van der Waals surface area contributed by atoms with E-state index < -0.39 is 0 Å². The Morgan fingerprint density at radius 3 is 2.59 bits per heavy atom. The Hall–Kier alpha value is -2.93. The fraction of sp³-hybridized carbons (Fsp3) is 0.409. The molecular formula is C22H26N4O3. The normalized spacial score (nSPS) is 16.9. The average Bonchev–Trinajstić information content (AvgIpc) is 3.18. The smallest absolute Gasteiger partial charge is 0.251 e. The molecule has 2 aromatic rings. The topological polar surface area (TPSA) is 74.8 Å². The number of likely N-dealkylation sites (tertiary alicyclic amines) is 1. The van der Waals surface area contributed by atoms with E-state index in [1.54, 1.807) is 0 Å². The maximum Gasteiger partial charge on any atom is 0.251 e. The molecule has 7 heteroatoms. The summed E-state index contributed by atoms with van der Waals surface area (Å²) in [4.78, 5) is 32.9. The van der Waals surface area contributed by atoms with Crippen LogP contribution in [0.2, 0.25) is 0 Å². The lowest BCUT2D eigenvalue weighted by Gasteiger charge is -2.28. The summed E-state index contributed by atoms with van der Waals surface area (Å²) in [5.41, 5.74) is 2.47. The molecule has 1 aromatic carbocycles. The number of rotatable bonds is 6. The zero-order valence-corrected chi connectivity index (χ0v) is 16.5. The molecule has 0 saturated carbocycles. The number of carbonyl (C=O) groups is 2. The molecule has 0 bridgehead atoms. The summed E-state index contributed by atoms with van der Waals surface area (Å²) in [6, 6.07) is 13.3. The number of nitrogens with zero attached hydrogens (tertiary/aromatic N) is 3. The van der Waals surface area contributed by atoms with Crippen LogP contribution in [0.15, 0.2) is 42.5 Å². The molecule has 2 saturated heterocycles. The maximum absolute atomic E-state index is 12.5. The van der Waals surface area contributed by atoms with Gasteiger partial charge < -0.3 is 19.9 Å². The number of anilines is 1. The van der Waals surface area contributed by atoms with Crippen molar-refractivity contribution in [3.05, 3.63) is 59.3 Å². The van der Waals surface area contributed by atoms with Gasteiger partial charge in [0.1, 0.15) is 5.82 Å². The number of carbonyl (C=O) groups excluding carboxylic acids is 2. The predicted molar refractivity (Wildman–Crippen MR) is 110 cm³/mol. The second-order valence-corrected chi connectivity index (χ2v) is 7.38. The van der Waals surface area contributed by atoms with Crippen molar-refractivity contribution in [1.29, 1.82) is 0 Å². The Bertz CT molecular complexity index is 863. The van der Waals surface area contributed by atoms with Crippen LogP contribution in [0.5, 0.6) is 0 Å². The molecule has 4 rings (SSSR count). The lowest BCUT2D eigenvalue weighted by Crippen LogP contribution is -2.37. The minimum absolute atomic E-state index is 0.132. The molecule has 29 heavy (non-hydrogen) atoms. The highest BCUT2D eigenvalue weighted by atomic mass is 16.5. The van der Waals surface area contributed by atoms with E-state index in [0.29, 0.717) is 38.3 Å². The predicted octanol–water partition coefficient (Wildman–Crippen LogP) is 1.97. The average molecular weight is 394 g/mol. The number of ether oxygens (including phenoxy) is 1. The summed E-state index contributed by atoms with van der Waals surface area (Å²) in [5.74, 6) is 0.992. The molecule has 2 amide bonds. The van der Waals surface area contributed by atoms with E-state index in [1.807, 2.05) is 47.4 Å². The van der Waals surface area contributed by atoms with Crippen LogP contribution in [-0.4, -0.2) is 54.5 Å². The van der Waals surface area contributed by atoms with Crippen molar-refractivity contribution >= 4 is 17.6 Å². The van der Waals surface area contributed by atoms with Gasteiger partial charge in [-0.1, -0.05) is 18.2 Å². The number of amides is 2. The number of nitrogens with one attached hydrogen (secondary N) is 1. The first-order valence-corrected chi connectivity index (χ1v) is 10.1. The molecule has 3 heterocycles. The van der Waals surface area contributed by atoms with E-state index in [-0.39, 0.29) is 11.8 Å². The van der Waals surface area contributed by atoms with E-state index in [2.05, 4.69) is 15.2 Å². The maximum atomic E-state index is 12.5. The molecule has 0 spiro atoms. The highest BCUT2D eigenvalue weighted by Crippen LogP contribution is 2.15. The third-order valence-corrected chi connectivity index (χ3v) is 5.32. The van der Waals surface area contributed by atoms with E-state index in [0.717, 1.165) is 43.1 Å². The van der Waals surface area contributed by atoms with Crippen molar-refractivity contribution in [3.63, 3.8) is 0 Å². The third kappa shape index (κ3) is 4.92. The molecule has 0 atom stereocenters. The Kier molecular flexibility index (Phi) is 6.05. The summed E-state index contributed by atoms with van der Waals surface area (Å²) in [6.45, 7) is 4.89. The second kappa shape index (κ2) is 9.05. The fourth-order valence-corrected chi connectivity index (χ4v) is 3.66. The minimum atomic E-state index is -0.132. The van der Waals surface area contributed by atoms with Gasteiger partial charge in [-0.2, -0.15) is 0 Å². The molecule has 152 valence electrons. The van der Waals surface area contributed by atoms with E-state index >= 15 is 0 Å². The van der Waals surface area contributed by atoms with Crippen LogP contribution >= 0.6 is 0 Å². The standard InChI is InChI=1S/C22H26N4O3/c27-21-5-2-10-26(21)16-17-6-8-18(9-7-17)22(28)23-15-19-3-1-4-20(24-19)25-11-13-29-14-12-25/h1,3-4,6-9H,2,5,10-16H2,(H,23,28). The van der Waals surface area contributed by atoms with Crippen molar-refractivity contribution in [1.82, 2.24) is 15.2 Å². The van der Waals surface area contributed by atoms with Gasteiger partial charge in [0.05, 0.1) is 25.5 Å². The minimum Gasteiger partial charge on any atom is -0.378 e. The lowest BCUT2D eigenvalue weighted by molar-refractivity contribution is -0.128. The van der Waals surface area contributed by atoms with Gasteiger partial charge >= 0.3 is 0 Å². The number of hydrogen-bond donors (Lipinski definition) is 1. The van der Waals surface area contributed by atoms with Crippen LogP contribution in [-0.2, 0) is 22.6 Å². The van der Waals surface area contributed by atoms with Gasteiger partial charge in [0, 0.05) is 38.2 Å². The van der Waals surface area contributed by atoms with Gasteiger partial charge in [0.2, 0.25) is 5.91 Å². The molecule has 2 aliphatic rings. The molecular weight excluding hydrogens is 368 g/mol. The molecule has 0 aliphatic carbocycles. The zero-order valence-electron chi connectivity index (χ0n) is 16.5. The van der Waals surface area contributed by atoms with E-state index in [4.69, 9.17) is 4.74 Å². The van der Waals surface area contributed by atoms with Gasteiger partial charge in [-0.15, -0.1) is 0 Å².